The number of aromatic nitrogens is 2. The van der Waals surface area contributed by atoms with Crippen LogP contribution in [0.5, 0.6) is 5.75 Å². The Hall–Kier alpha value is -1.55. The number of aryl methyl sites for hydroxylation is 1. The molecule has 2 heterocycles. The van der Waals surface area contributed by atoms with Crippen molar-refractivity contribution >= 4 is 21.6 Å². The lowest BCUT2D eigenvalue weighted by molar-refractivity contribution is 0.437. The number of rotatable bonds is 4. The van der Waals surface area contributed by atoms with Gasteiger partial charge in [-0.15, -0.1) is 0 Å². The van der Waals surface area contributed by atoms with Gasteiger partial charge >= 0.3 is 0 Å². The predicted octanol–water partition coefficient (Wildman–Crippen LogP) is 7.10. The average Bonchev–Trinajstić information content (AvgIpc) is 2.97. The number of hydrogen-bond donors (Lipinski definition) is 0. The molecule has 2 rings (SSSR count). The zero-order valence-electron chi connectivity index (χ0n) is 16.3. The van der Waals surface area contributed by atoms with Crippen molar-refractivity contribution in [3.8, 4) is 5.75 Å². The quantitative estimate of drug-likeness (QED) is 0.408. The zero-order valence-corrected chi connectivity index (χ0v) is 17.9. The van der Waals surface area contributed by atoms with E-state index in [1.807, 2.05) is 76.6 Å². The minimum atomic E-state index is 0.758. The fourth-order valence-electron chi connectivity index (χ4n) is 1.94. The van der Waals surface area contributed by atoms with E-state index in [2.05, 4.69) is 34.8 Å². The molecule has 0 aliphatic rings. The number of nitrogens with zero attached hydrogens (tertiary/aromatic N) is 2. The van der Waals surface area contributed by atoms with Crippen LogP contribution in [-0.2, 0) is 0 Å². The molecule has 3 nitrogen and oxygen atoms in total. The first kappa shape index (κ1) is 22.4. The molecule has 2 aromatic rings. The number of allylic oxidation sites excluding steroid dienone is 3. The van der Waals surface area contributed by atoms with Crippen LogP contribution in [-0.4, -0.2) is 9.38 Å². The first-order valence-electron chi connectivity index (χ1n) is 8.70. The highest BCUT2D eigenvalue weighted by Crippen LogP contribution is 2.27. The van der Waals surface area contributed by atoms with Gasteiger partial charge < -0.3 is 9.14 Å². The Balaban J connectivity index is 0.00000123. The highest BCUT2D eigenvalue weighted by molar-refractivity contribution is 9.10. The van der Waals surface area contributed by atoms with Gasteiger partial charge in [-0.25, -0.2) is 4.98 Å². The van der Waals surface area contributed by atoms with Gasteiger partial charge in [-0.2, -0.15) is 0 Å². The molecule has 0 atom stereocenters. The van der Waals surface area contributed by atoms with Gasteiger partial charge in [-0.1, -0.05) is 40.7 Å². The Bertz CT molecular complexity index is 684. The molecule has 0 bridgehead atoms. The van der Waals surface area contributed by atoms with Crippen LogP contribution in [0.15, 0.2) is 46.4 Å². The van der Waals surface area contributed by atoms with E-state index in [0.717, 1.165) is 33.7 Å². The molecule has 0 saturated heterocycles. The molecule has 0 amide bonds. The third-order valence-corrected chi connectivity index (χ3v) is 3.53. The van der Waals surface area contributed by atoms with Gasteiger partial charge in [-0.3, -0.25) is 0 Å². The normalized spacial score (nSPS) is 11.4. The van der Waals surface area contributed by atoms with E-state index in [1.165, 1.54) is 5.57 Å². The number of fused-ring (bicyclic) bond motifs is 1. The molecule has 24 heavy (non-hydrogen) atoms. The maximum absolute atomic E-state index is 6.09. The van der Waals surface area contributed by atoms with Gasteiger partial charge in [0.25, 0.3) is 0 Å². The molecule has 2 aromatic heterocycles. The summed E-state index contributed by atoms with van der Waals surface area (Å²) >= 11 is 3.51. The molecule has 0 unspecified atom stereocenters. The van der Waals surface area contributed by atoms with Gasteiger partial charge in [0.05, 0.1) is 5.69 Å². The highest BCUT2D eigenvalue weighted by Gasteiger charge is 2.10. The van der Waals surface area contributed by atoms with E-state index in [1.54, 1.807) is 0 Å². The molecule has 4 heteroatoms. The van der Waals surface area contributed by atoms with Crippen molar-refractivity contribution in [3.63, 3.8) is 0 Å². The second-order valence-corrected chi connectivity index (χ2v) is 5.65. The van der Waals surface area contributed by atoms with Crippen molar-refractivity contribution in [3.05, 3.63) is 52.1 Å². The maximum Gasteiger partial charge on any atom is 0.180 e. The largest absolute Gasteiger partial charge is 0.453 e. The van der Waals surface area contributed by atoms with Gasteiger partial charge in [0.1, 0.15) is 5.76 Å². The third kappa shape index (κ3) is 6.16. The first-order chi connectivity index (χ1) is 11.5. The predicted molar refractivity (Wildman–Crippen MR) is 109 cm³/mol. The average molecular weight is 395 g/mol. The summed E-state index contributed by atoms with van der Waals surface area (Å²) in [6, 6.07) is 1.95. The molecule has 0 saturated carbocycles. The summed E-state index contributed by atoms with van der Waals surface area (Å²) in [6.45, 7) is 16.2. The summed E-state index contributed by atoms with van der Waals surface area (Å²) < 4.78 is 9.03. The second kappa shape index (κ2) is 11.9. The van der Waals surface area contributed by atoms with Crippen LogP contribution >= 0.6 is 15.9 Å². The van der Waals surface area contributed by atoms with E-state index in [0.29, 0.717) is 0 Å². The molecule has 0 radical (unpaired) electrons. The second-order valence-electron chi connectivity index (χ2n) is 4.74. The number of ether oxygens (including phenoxy) is 1. The summed E-state index contributed by atoms with van der Waals surface area (Å²) in [5.74, 6) is 1.64. The minimum Gasteiger partial charge on any atom is -0.453 e. The fourth-order valence-corrected chi connectivity index (χ4v) is 2.37. The van der Waals surface area contributed by atoms with Crippen molar-refractivity contribution in [2.45, 2.75) is 61.8 Å². The van der Waals surface area contributed by atoms with Crippen molar-refractivity contribution in [1.29, 1.82) is 0 Å². The monoisotopic (exact) mass is 394 g/mol. The summed E-state index contributed by atoms with van der Waals surface area (Å²) in [6.07, 6.45) is 8.90. The van der Waals surface area contributed by atoms with Crippen molar-refractivity contribution in [2.24, 2.45) is 0 Å². The Morgan fingerprint density at radius 1 is 1.25 bits per heavy atom. The fraction of sp³-hybridized carbons (Fsp3) is 0.450. The minimum absolute atomic E-state index is 0.758. The van der Waals surface area contributed by atoms with Crippen LogP contribution in [0.2, 0.25) is 0 Å². The Labute approximate surface area is 155 Å². The SMILES string of the molecule is C/C=C\C(Oc1cc(Br)cn2cc(C)nc12)=C(\C)CC.CC.CC. The summed E-state index contributed by atoms with van der Waals surface area (Å²) in [4.78, 5) is 4.52. The zero-order chi connectivity index (χ0) is 18.7. The molecular formula is C20H31BrN2O. The molecule has 0 N–H and O–H groups in total. The molecule has 0 aromatic carbocycles. The van der Waals surface area contributed by atoms with E-state index in [-0.39, 0.29) is 0 Å². The third-order valence-electron chi connectivity index (χ3n) is 3.09. The number of halogens is 1. The van der Waals surface area contributed by atoms with Crippen LogP contribution in [0.4, 0.5) is 0 Å². The Morgan fingerprint density at radius 3 is 2.42 bits per heavy atom. The van der Waals surface area contributed by atoms with E-state index in [4.69, 9.17) is 4.74 Å². The number of pyridine rings is 1. The van der Waals surface area contributed by atoms with E-state index >= 15 is 0 Å². The number of imidazole rings is 1. The molecule has 0 aliphatic heterocycles. The van der Waals surface area contributed by atoms with Gasteiger partial charge in [0.15, 0.2) is 11.4 Å². The van der Waals surface area contributed by atoms with Gasteiger partial charge in [-0.05, 0) is 54.8 Å². The molecular weight excluding hydrogens is 364 g/mol. The van der Waals surface area contributed by atoms with Crippen molar-refractivity contribution in [1.82, 2.24) is 9.38 Å². The smallest absolute Gasteiger partial charge is 0.180 e. The molecule has 0 fully saturated rings. The van der Waals surface area contributed by atoms with Crippen LogP contribution in [0, 0.1) is 6.92 Å². The van der Waals surface area contributed by atoms with Crippen molar-refractivity contribution in [2.75, 3.05) is 0 Å². The maximum atomic E-state index is 6.09. The van der Waals surface area contributed by atoms with Crippen LogP contribution in [0.25, 0.3) is 5.65 Å². The first-order valence-corrected chi connectivity index (χ1v) is 9.49. The Kier molecular flexibility index (Phi) is 11.1. The lowest BCUT2D eigenvalue weighted by Crippen LogP contribution is -1.98. The van der Waals surface area contributed by atoms with Crippen LogP contribution in [0.1, 0.15) is 60.6 Å². The van der Waals surface area contributed by atoms with E-state index < -0.39 is 0 Å². The number of hydrogen-bond acceptors (Lipinski definition) is 2. The topological polar surface area (TPSA) is 26.5 Å². The van der Waals surface area contributed by atoms with Crippen LogP contribution < -0.4 is 4.74 Å². The molecule has 0 aliphatic carbocycles. The summed E-state index contributed by atoms with van der Waals surface area (Å²) in [7, 11) is 0. The molecule has 0 spiro atoms. The lowest BCUT2D eigenvalue weighted by atomic mass is 10.2. The lowest BCUT2D eigenvalue weighted by Gasteiger charge is -2.11. The highest BCUT2D eigenvalue weighted by atomic mass is 79.9. The van der Waals surface area contributed by atoms with Gasteiger partial charge in [0.2, 0.25) is 0 Å². The Morgan fingerprint density at radius 2 is 1.88 bits per heavy atom. The van der Waals surface area contributed by atoms with E-state index in [9.17, 15) is 0 Å². The van der Waals surface area contributed by atoms with Crippen LogP contribution in [0.3, 0.4) is 0 Å². The summed E-state index contributed by atoms with van der Waals surface area (Å²) in [5, 5.41) is 0. The standard InChI is InChI=1S/C16H19BrN2O.2C2H6/c1-5-7-14(11(3)6-2)20-15-8-13(17)10-19-9-12(4)18-16(15)19;2*1-2/h5,7-10H,6H2,1-4H3;2*1-2H3/b7-5-,14-11+;;. The summed E-state index contributed by atoms with van der Waals surface area (Å²) in [5.41, 5.74) is 3.01. The van der Waals surface area contributed by atoms with Crippen molar-refractivity contribution < 1.29 is 4.74 Å². The van der Waals surface area contributed by atoms with Gasteiger partial charge in [0, 0.05) is 22.9 Å². The molecule has 134 valence electrons.